The fourth-order valence-corrected chi connectivity index (χ4v) is 3.37. The molecule has 162 valence electrons. The Balaban J connectivity index is 2.06. The van der Waals surface area contributed by atoms with Gasteiger partial charge in [0.05, 0.1) is 12.4 Å². The van der Waals surface area contributed by atoms with Crippen molar-refractivity contribution in [2.24, 2.45) is 0 Å². The summed E-state index contributed by atoms with van der Waals surface area (Å²) in [6.07, 6.45) is 1.75. The number of thioether (sulfide) groups is 1. The van der Waals surface area contributed by atoms with Gasteiger partial charge in [0, 0.05) is 25.8 Å². The molecule has 1 aromatic carbocycles. The van der Waals surface area contributed by atoms with Crippen molar-refractivity contribution in [3.05, 3.63) is 42.5 Å². The van der Waals surface area contributed by atoms with Gasteiger partial charge in [-0.25, -0.2) is 4.79 Å². The van der Waals surface area contributed by atoms with E-state index in [0.29, 0.717) is 30.7 Å². The van der Waals surface area contributed by atoms with Gasteiger partial charge < -0.3 is 10.1 Å². The number of nitrogens with zero attached hydrogens (tertiary/aromatic N) is 3. The number of imide groups is 1. The quantitative estimate of drug-likeness (QED) is 0.360. The van der Waals surface area contributed by atoms with Crippen LogP contribution in [-0.2, 0) is 21.5 Å². The number of hydrogen-bond donors (Lipinski definition) is 2. The number of benzene rings is 1. The van der Waals surface area contributed by atoms with E-state index in [1.165, 1.54) is 24.4 Å². The Kier molecular flexibility index (Phi) is 8.61. The summed E-state index contributed by atoms with van der Waals surface area (Å²) in [6, 6.07) is 7.67. The van der Waals surface area contributed by atoms with Gasteiger partial charge in [-0.05, 0) is 11.0 Å². The van der Waals surface area contributed by atoms with Crippen LogP contribution >= 0.6 is 11.8 Å². The lowest BCUT2D eigenvalue weighted by molar-refractivity contribution is -0.117. The largest absolute Gasteiger partial charge is 0.383 e. The fourth-order valence-electron chi connectivity index (χ4n) is 2.63. The van der Waals surface area contributed by atoms with E-state index in [1.807, 2.05) is 16.7 Å². The third-order valence-corrected chi connectivity index (χ3v) is 5.18. The zero-order valence-corrected chi connectivity index (χ0v) is 18.7. The minimum atomic E-state index is -0.551. The van der Waals surface area contributed by atoms with E-state index in [1.54, 1.807) is 6.08 Å². The van der Waals surface area contributed by atoms with Crippen molar-refractivity contribution in [1.29, 1.82) is 0 Å². The first-order chi connectivity index (χ1) is 14.3. The van der Waals surface area contributed by atoms with Gasteiger partial charge in [-0.2, -0.15) is 0 Å². The van der Waals surface area contributed by atoms with Gasteiger partial charge in [0.25, 0.3) is 0 Å². The monoisotopic (exact) mass is 431 g/mol. The number of aromatic nitrogens is 3. The number of amides is 3. The van der Waals surface area contributed by atoms with E-state index in [0.717, 1.165) is 5.56 Å². The minimum Gasteiger partial charge on any atom is -0.383 e. The Morgan fingerprint density at radius 2 is 1.93 bits per heavy atom. The maximum atomic E-state index is 12.0. The molecule has 0 spiro atoms. The van der Waals surface area contributed by atoms with Crippen molar-refractivity contribution in [1.82, 2.24) is 25.4 Å². The molecule has 2 rings (SSSR count). The van der Waals surface area contributed by atoms with Crippen molar-refractivity contribution < 1.29 is 14.3 Å². The fraction of sp³-hybridized carbons (Fsp3) is 0.429. The molecule has 8 nitrogen and oxygen atoms in total. The van der Waals surface area contributed by atoms with Crippen molar-refractivity contribution >= 4 is 23.7 Å². The Labute approximate surface area is 181 Å². The molecule has 0 aliphatic carbocycles. The van der Waals surface area contributed by atoms with Crippen LogP contribution in [-0.4, -0.2) is 52.7 Å². The van der Waals surface area contributed by atoms with Gasteiger partial charge in [-0.3, -0.25) is 14.7 Å². The van der Waals surface area contributed by atoms with Crippen LogP contribution in [0.15, 0.2) is 42.1 Å². The van der Waals surface area contributed by atoms with E-state index < -0.39 is 11.9 Å². The average molecular weight is 432 g/mol. The maximum Gasteiger partial charge on any atom is 0.321 e. The molecular weight excluding hydrogens is 402 g/mol. The molecule has 1 heterocycles. The molecule has 0 radical (unpaired) electrons. The predicted octanol–water partition coefficient (Wildman–Crippen LogP) is 2.99. The molecule has 9 heteroatoms. The molecule has 30 heavy (non-hydrogen) atoms. The number of nitrogens with one attached hydrogen (secondary N) is 2. The Bertz CT molecular complexity index is 872. The zero-order valence-electron chi connectivity index (χ0n) is 17.9. The molecule has 0 saturated heterocycles. The molecule has 0 saturated carbocycles. The van der Waals surface area contributed by atoms with Crippen LogP contribution in [0.25, 0.3) is 11.4 Å². The van der Waals surface area contributed by atoms with Crippen LogP contribution in [0.3, 0.4) is 0 Å². The average Bonchev–Trinajstić information content (AvgIpc) is 3.09. The molecule has 0 aliphatic rings. The number of methoxy groups -OCH3 is 1. The smallest absolute Gasteiger partial charge is 0.321 e. The maximum absolute atomic E-state index is 12.0. The number of ether oxygens (including phenoxy) is 1. The molecule has 0 atom stereocenters. The van der Waals surface area contributed by atoms with Crippen molar-refractivity contribution in [2.45, 2.75) is 37.9 Å². The molecule has 0 aliphatic heterocycles. The lowest BCUT2D eigenvalue weighted by Crippen LogP contribution is -2.41. The van der Waals surface area contributed by atoms with Crippen LogP contribution in [0.1, 0.15) is 26.3 Å². The summed E-state index contributed by atoms with van der Waals surface area (Å²) in [4.78, 5) is 23.7. The van der Waals surface area contributed by atoms with E-state index in [-0.39, 0.29) is 11.2 Å². The van der Waals surface area contributed by atoms with Crippen LogP contribution in [0.4, 0.5) is 4.79 Å². The molecule has 3 amide bonds. The van der Waals surface area contributed by atoms with Crippen molar-refractivity contribution in [3.8, 4) is 11.4 Å². The molecule has 0 unspecified atom stereocenters. The summed E-state index contributed by atoms with van der Waals surface area (Å²) in [5.74, 6) is 0.324. The topological polar surface area (TPSA) is 98.1 Å². The third-order valence-electron chi connectivity index (χ3n) is 4.21. The standard InChI is InChI=1S/C21H29N5O3S/c1-6-12-26-18(15-7-9-16(10-8-15)21(2,3)4)24-25-20(26)30-14-17(27)23-19(28)22-11-13-29-5/h6-10H,1,11-14H2,2-5H3,(H2,22,23,27,28). The molecule has 1 aromatic heterocycles. The van der Waals surface area contributed by atoms with E-state index in [2.05, 4.69) is 60.3 Å². The number of carbonyl (C=O) groups excluding carboxylic acids is 2. The van der Waals surface area contributed by atoms with Crippen molar-refractivity contribution in [3.63, 3.8) is 0 Å². The van der Waals surface area contributed by atoms with Gasteiger partial charge in [-0.1, -0.05) is 62.9 Å². The van der Waals surface area contributed by atoms with Gasteiger partial charge in [0.15, 0.2) is 11.0 Å². The van der Waals surface area contributed by atoms with E-state index in [4.69, 9.17) is 4.74 Å². The minimum absolute atomic E-state index is 0.0376. The number of rotatable bonds is 9. The Morgan fingerprint density at radius 1 is 1.23 bits per heavy atom. The highest BCUT2D eigenvalue weighted by molar-refractivity contribution is 7.99. The van der Waals surface area contributed by atoms with Crippen molar-refractivity contribution in [2.75, 3.05) is 26.0 Å². The number of urea groups is 1. The second-order valence-electron chi connectivity index (χ2n) is 7.62. The molecule has 2 N–H and O–H groups in total. The number of allylic oxidation sites excluding steroid dienone is 1. The van der Waals surface area contributed by atoms with Crippen LogP contribution < -0.4 is 10.6 Å². The summed E-state index contributed by atoms with van der Waals surface area (Å²) >= 11 is 1.21. The summed E-state index contributed by atoms with van der Waals surface area (Å²) in [5.41, 5.74) is 2.24. The van der Waals surface area contributed by atoms with Gasteiger partial charge in [0.2, 0.25) is 5.91 Å². The summed E-state index contributed by atoms with van der Waals surface area (Å²) in [5, 5.41) is 13.9. The number of carbonyl (C=O) groups is 2. The SMILES string of the molecule is C=CCn1c(SCC(=O)NC(=O)NCCOC)nnc1-c1ccc(C(C)(C)C)cc1. The van der Waals surface area contributed by atoms with Gasteiger partial charge in [0.1, 0.15) is 0 Å². The highest BCUT2D eigenvalue weighted by atomic mass is 32.2. The summed E-state index contributed by atoms with van der Waals surface area (Å²) in [6.45, 7) is 11.5. The molecule has 0 fully saturated rings. The van der Waals surface area contributed by atoms with Gasteiger partial charge >= 0.3 is 6.03 Å². The second kappa shape index (κ2) is 10.9. The van der Waals surface area contributed by atoms with Crippen LogP contribution in [0.5, 0.6) is 0 Å². The second-order valence-corrected chi connectivity index (χ2v) is 8.56. The Morgan fingerprint density at radius 3 is 2.53 bits per heavy atom. The summed E-state index contributed by atoms with van der Waals surface area (Å²) < 4.78 is 6.74. The van der Waals surface area contributed by atoms with Crippen LogP contribution in [0, 0.1) is 0 Å². The third kappa shape index (κ3) is 6.70. The lowest BCUT2D eigenvalue weighted by atomic mass is 9.87. The van der Waals surface area contributed by atoms with Crippen LogP contribution in [0.2, 0.25) is 0 Å². The molecule has 2 aromatic rings. The first-order valence-corrected chi connectivity index (χ1v) is 10.6. The number of hydrogen-bond acceptors (Lipinski definition) is 6. The summed E-state index contributed by atoms with van der Waals surface area (Å²) in [7, 11) is 1.54. The normalized spacial score (nSPS) is 11.2. The zero-order chi connectivity index (χ0) is 22.1. The van der Waals surface area contributed by atoms with E-state index >= 15 is 0 Å². The first kappa shape index (κ1) is 23.6. The first-order valence-electron chi connectivity index (χ1n) is 9.60. The predicted molar refractivity (Wildman–Crippen MR) is 118 cm³/mol. The highest BCUT2D eigenvalue weighted by Crippen LogP contribution is 2.27. The van der Waals surface area contributed by atoms with Gasteiger partial charge in [-0.15, -0.1) is 16.8 Å². The molecular formula is C21H29N5O3S. The van der Waals surface area contributed by atoms with E-state index in [9.17, 15) is 9.59 Å². The molecule has 0 bridgehead atoms. The lowest BCUT2D eigenvalue weighted by Gasteiger charge is -2.19. The highest BCUT2D eigenvalue weighted by Gasteiger charge is 2.17. The Hall–Kier alpha value is -2.65.